The molecule has 216 valence electrons. The summed E-state index contributed by atoms with van der Waals surface area (Å²) in [4.78, 5) is 25.9. The van der Waals surface area contributed by atoms with Crippen LogP contribution in [0.5, 0.6) is 5.75 Å². The third kappa shape index (κ3) is 8.63. The zero-order valence-corrected chi connectivity index (χ0v) is 24.0. The molecule has 2 aliphatic heterocycles. The molecule has 39 heavy (non-hydrogen) atoms. The number of primary amides is 1. The first-order valence-electron chi connectivity index (χ1n) is 12.6. The number of esters is 1. The van der Waals surface area contributed by atoms with Gasteiger partial charge in [-0.15, -0.1) is 0 Å². The molecule has 0 saturated carbocycles. The summed E-state index contributed by atoms with van der Waals surface area (Å²) in [7, 11) is -2.68. The average Bonchev–Trinajstić information content (AvgIpc) is 3.19. The van der Waals surface area contributed by atoms with Crippen LogP contribution in [-0.2, 0) is 37.6 Å². The lowest BCUT2D eigenvalue weighted by Crippen LogP contribution is -2.46. The minimum absolute atomic E-state index is 0.260. The Morgan fingerprint density at radius 3 is 2.51 bits per heavy atom. The predicted octanol–water partition coefficient (Wildman–Crippen LogP) is 3.20. The highest BCUT2D eigenvalue weighted by Gasteiger charge is 2.48. The van der Waals surface area contributed by atoms with Gasteiger partial charge in [0.1, 0.15) is 24.0 Å². The van der Waals surface area contributed by atoms with Gasteiger partial charge in [0.05, 0.1) is 12.7 Å². The fourth-order valence-electron chi connectivity index (χ4n) is 3.96. The summed E-state index contributed by atoms with van der Waals surface area (Å²) in [5.74, 6) is -1.89. The van der Waals surface area contributed by atoms with Gasteiger partial charge in [-0.25, -0.2) is 4.57 Å². The normalized spacial score (nSPS) is 23.6. The number of ether oxygens (including phenoxy) is 4. The van der Waals surface area contributed by atoms with Gasteiger partial charge < -0.3 is 34.1 Å². The summed E-state index contributed by atoms with van der Waals surface area (Å²) < 4.78 is 48.6. The van der Waals surface area contributed by atoms with Crippen molar-refractivity contribution in [1.82, 2.24) is 9.99 Å². The van der Waals surface area contributed by atoms with Crippen LogP contribution in [0.3, 0.4) is 0 Å². The summed E-state index contributed by atoms with van der Waals surface area (Å²) in [6.45, 7) is 8.15. The fourth-order valence-corrected chi connectivity index (χ4v) is 5.47. The molecular weight excluding hydrogens is 529 g/mol. The van der Waals surface area contributed by atoms with Crippen molar-refractivity contribution in [3.8, 4) is 5.75 Å². The van der Waals surface area contributed by atoms with Crippen molar-refractivity contribution in [2.45, 2.75) is 77.4 Å². The number of allylic oxidation sites excluding steroid dienone is 1. The second kappa shape index (κ2) is 13.1. The zero-order valence-electron chi connectivity index (χ0n) is 23.1. The van der Waals surface area contributed by atoms with Crippen LogP contribution in [0.1, 0.15) is 41.0 Å². The van der Waals surface area contributed by atoms with E-state index in [-0.39, 0.29) is 18.5 Å². The first-order chi connectivity index (χ1) is 18.3. The Kier molecular flexibility index (Phi) is 10.3. The molecule has 3 N–H and O–H groups in total. The summed E-state index contributed by atoms with van der Waals surface area (Å²) in [5.41, 5.74) is 5.88. The lowest BCUT2D eigenvalue weighted by molar-refractivity contribution is -0.163. The Morgan fingerprint density at radius 1 is 1.21 bits per heavy atom. The molecule has 1 fully saturated rings. The van der Waals surface area contributed by atoms with Gasteiger partial charge in [0.2, 0.25) is 5.91 Å². The second-order valence-electron chi connectivity index (χ2n) is 9.85. The number of benzene rings is 1. The van der Waals surface area contributed by atoms with E-state index in [9.17, 15) is 14.2 Å². The maximum Gasteiger partial charge on any atom is 0.459 e. The summed E-state index contributed by atoms with van der Waals surface area (Å²) in [5, 5.41) is 2.65. The van der Waals surface area contributed by atoms with Crippen molar-refractivity contribution in [3.05, 3.63) is 54.4 Å². The highest BCUT2D eigenvalue weighted by atomic mass is 31.2. The zero-order chi connectivity index (χ0) is 28.8. The van der Waals surface area contributed by atoms with Crippen LogP contribution in [-0.4, -0.2) is 66.9 Å². The summed E-state index contributed by atoms with van der Waals surface area (Å²) in [6.07, 6.45) is 2.92. The average molecular weight is 568 g/mol. The smallest absolute Gasteiger partial charge is 0.459 e. The van der Waals surface area contributed by atoms with Crippen LogP contribution >= 0.6 is 7.75 Å². The number of hydrogen-bond acceptors (Lipinski definition) is 10. The number of carbonyl (C=O) groups excluding carboxylic acids is 2. The summed E-state index contributed by atoms with van der Waals surface area (Å²) >= 11 is 0. The second-order valence-corrected chi connectivity index (χ2v) is 11.5. The fraction of sp³-hybridized carbons (Fsp3) is 0.538. The van der Waals surface area contributed by atoms with Crippen molar-refractivity contribution in [1.29, 1.82) is 0 Å². The molecule has 1 amide bonds. The molecule has 1 aromatic rings. The van der Waals surface area contributed by atoms with Crippen LogP contribution in [0.2, 0.25) is 0 Å². The van der Waals surface area contributed by atoms with Crippen LogP contribution in [0.15, 0.2) is 54.4 Å². The third-order valence-corrected chi connectivity index (χ3v) is 7.38. The Morgan fingerprint density at radius 2 is 1.90 bits per heavy atom. The van der Waals surface area contributed by atoms with Gasteiger partial charge in [-0.2, -0.15) is 5.09 Å². The van der Waals surface area contributed by atoms with Gasteiger partial charge in [0.15, 0.2) is 12.0 Å². The molecular formula is C26H38N3O9P. The highest BCUT2D eigenvalue weighted by Crippen LogP contribution is 2.46. The van der Waals surface area contributed by atoms with E-state index in [4.69, 9.17) is 33.7 Å². The molecule has 1 saturated heterocycles. The van der Waals surface area contributed by atoms with Gasteiger partial charge in [-0.1, -0.05) is 24.3 Å². The van der Waals surface area contributed by atoms with E-state index in [0.29, 0.717) is 12.0 Å². The van der Waals surface area contributed by atoms with Crippen LogP contribution in [0.4, 0.5) is 0 Å². The number of nitrogens with one attached hydrogen (secondary N) is 1. The molecule has 0 spiro atoms. The Labute approximate surface area is 229 Å². The monoisotopic (exact) mass is 567 g/mol. The minimum atomic E-state index is -4.14. The van der Waals surface area contributed by atoms with Gasteiger partial charge in [-0.05, 0) is 53.2 Å². The number of rotatable bonds is 13. The Balaban J connectivity index is 1.81. The van der Waals surface area contributed by atoms with Crippen molar-refractivity contribution in [2.24, 2.45) is 5.73 Å². The van der Waals surface area contributed by atoms with Crippen molar-refractivity contribution >= 4 is 19.6 Å². The number of nitrogens with zero attached hydrogens (tertiary/aromatic N) is 1. The van der Waals surface area contributed by atoms with Crippen molar-refractivity contribution < 1.29 is 42.1 Å². The van der Waals surface area contributed by atoms with Crippen LogP contribution in [0.25, 0.3) is 0 Å². The number of methoxy groups -OCH3 is 1. The topological polar surface area (TPSA) is 148 Å². The lowest BCUT2D eigenvalue weighted by atomic mass is 10.1. The largest absolute Gasteiger partial charge is 0.462 e. The van der Waals surface area contributed by atoms with E-state index < -0.39 is 49.9 Å². The number of carbonyl (C=O) groups is 2. The SMILES string of the molecule is COC(COP(=O)(N[C@@H](C)C(=O)OC(C)C)Oc1ccccc1)[C@H]1OC(C)(C)O[C@H]1N1C=CCC(C(N)=O)=C1. The maximum atomic E-state index is 13.9. The number of nitrogens with two attached hydrogens (primary N) is 1. The van der Waals surface area contributed by atoms with Gasteiger partial charge >= 0.3 is 13.7 Å². The quantitative estimate of drug-likeness (QED) is 0.267. The van der Waals surface area contributed by atoms with Crippen molar-refractivity contribution in [3.63, 3.8) is 0 Å². The number of hydrogen-bond donors (Lipinski definition) is 2. The van der Waals surface area contributed by atoms with Gasteiger partial charge in [-0.3, -0.25) is 14.1 Å². The van der Waals surface area contributed by atoms with Gasteiger partial charge in [0.25, 0.3) is 0 Å². The van der Waals surface area contributed by atoms with E-state index in [1.807, 2.05) is 0 Å². The Hall–Kier alpha value is -2.73. The standard InChI is InChI=1S/C26H38N3O9P/c1-17(2)35-25(31)18(3)28-39(32,38-20-12-8-7-9-13-20)34-16-21(33-6)22-24(37-26(4,5)36-22)29-14-10-11-19(15-29)23(27)30/h7-10,12-15,17-18,21-22,24H,11,16H2,1-6H3,(H2,27,30)(H,28,32)/t18-,21?,22+,24+,39?/m0/s1. The first kappa shape index (κ1) is 30.8. The van der Waals surface area contributed by atoms with Gasteiger partial charge in [0, 0.05) is 25.1 Å². The maximum absolute atomic E-state index is 13.9. The van der Waals surface area contributed by atoms with Crippen molar-refractivity contribution in [2.75, 3.05) is 13.7 Å². The van der Waals surface area contributed by atoms with E-state index in [0.717, 1.165) is 0 Å². The molecule has 0 aromatic heterocycles. The minimum Gasteiger partial charge on any atom is -0.462 e. The highest BCUT2D eigenvalue weighted by molar-refractivity contribution is 7.52. The number of para-hydroxylation sites is 1. The first-order valence-corrected chi connectivity index (χ1v) is 14.2. The molecule has 0 aliphatic carbocycles. The van der Waals surface area contributed by atoms with E-state index >= 15 is 0 Å². The third-order valence-electron chi connectivity index (χ3n) is 5.74. The Bertz CT molecular complexity index is 1110. The molecule has 2 heterocycles. The predicted molar refractivity (Wildman–Crippen MR) is 142 cm³/mol. The molecule has 5 atom stereocenters. The molecule has 13 heteroatoms. The van der Waals surface area contributed by atoms with Crippen LogP contribution in [0, 0.1) is 0 Å². The lowest BCUT2D eigenvalue weighted by Gasteiger charge is -2.32. The van der Waals surface area contributed by atoms with E-state index in [1.165, 1.54) is 14.0 Å². The van der Waals surface area contributed by atoms with E-state index in [2.05, 4.69) is 5.09 Å². The molecule has 2 aliphatic rings. The molecule has 2 unspecified atom stereocenters. The number of amides is 1. The molecule has 3 rings (SSSR count). The molecule has 0 bridgehead atoms. The van der Waals surface area contributed by atoms with Crippen LogP contribution < -0.4 is 15.3 Å². The molecule has 0 radical (unpaired) electrons. The van der Waals surface area contributed by atoms with E-state index in [1.54, 1.807) is 81.4 Å². The summed E-state index contributed by atoms with van der Waals surface area (Å²) in [6, 6.07) is 7.43. The molecule has 12 nitrogen and oxygen atoms in total. The molecule has 1 aromatic carbocycles.